The number of nitrogens with one attached hydrogen (secondary N) is 1. The smallest absolute Gasteiger partial charge is 0.333 e. The van der Waals surface area contributed by atoms with Crippen molar-refractivity contribution >= 4 is 17.6 Å². The minimum atomic E-state index is -1.03. The fraction of sp³-hybridized carbons (Fsp3) is 0.500. The predicted octanol–water partition coefficient (Wildman–Crippen LogP) is 2.29. The van der Waals surface area contributed by atoms with Gasteiger partial charge in [-0.3, -0.25) is 4.79 Å². The second kappa shape index (κ2) is 7.26. The summed E-state index contributed by atoms with van der Waals surface area (Å²) >= 11 is 0. The summed E-state index contributed by atoms with van der Waals surface area (Å²) in [5, 5.41) is 11.8. The molecule has 1 heterocycles. The second-order valence-corrected chi connectivity index (χ2v) is 5.43. The molecule has 1 saturated heterocycles. The molecule has 1 aromatic carbocycles. The maximum atomic E-state index is 12.3. The van der Waals surface area contributed by atoms with Crippen molar-refractivity contribution in [1.82, 2.24) is 0 Å². The van der Waals surface area contributed by atoms with E-state index in [1.165, 1.54) is 0 Å². The molecule has 6 heteroatoms. The lowest BCUT2D eigenvalue weighted by Crippen LogP contribution is -2.30. The third-order valence-corrected chi connectivity index (χ3v) is 3.56. The van der Waals surface area contributed by atoms with Gasteiger partial charge in [0, 0.05) is 0 Å². The fourth-order valence-corrected chi connectivity index (χ4v) is 2.42. The van der Waals surface area contributed by atoms with Crippen LogP contribution in [0.25, 0.3) is 0 Å². The average Bonchev–Trinajstić information content (AvgIpc) is 2.88. The highest BCUT2D eigenvalue weighted by Crippen LogP contribution is 2.29. The van der Waals surface area contributed by atoms with Gasteiger partial charge in [0.1, 0.15) is 11.9 Å². The van der Waals surface area contributed by atoms with Gasteiger partial charge in [-0.1, -0.05) is 26.0 Å². The number of carbonyl (C=O) groups is 2. The Morgan fingerprint density at radius 2 is 2.14 bits per heavy atom. The third-order valence-electron chi connectivity index (χ3n) is 3.56. The molecule has 0 bridgehead atoms. The van der Waals surface area contributed by atoms with Gasteiger partial charge in [0.05, 0.1) is 12.3 Å². The van der Waals surface area contributed by atoms with Crippen molar-refractivity contribution in [3.63, 3.8) is 0 Å². The molecule has 2 rings (SSSR count). The summed E-state index contributed by atoms with van der Waals surface area (Å²) in [7, 11) is 0. The summed E-state index contributed by atoms with van der Waals surface area (Å²) in [6.07, 6.45) is -0.426. The lowest BCUT2D eigenvalue weighted by molar-refractivity contribution is -0.152. The fourth-order valence-electron chi connectivity index (χ4n) is 2.42. The molecule has 2 N–H and O–H groups in total. The molecule has 0 aliphatic carbocycles. The first-order chi connectivity index (χ1) is 10.5. The van der Waals surface area contributed by atoms with Gasteiger partial charge >= 0.3 is 5.97 Å². The normalized spacial score (nSPS) is 24.0. The molecular formula is C16H21NO5. The zero-order valence-corrected chi connectivity index (χ0v) is 12.7. The minimum absolute atomic E-state index is 0.195. The van der Waals surface area contributed by atoms with Gasteiger partial charge in [0.2, 0.25) is 0 Å². The molecule has 120 valence electrons. The van der Waals surface area contributed by atoms with Gasteiger partial charge in [-0.25, -0.2) is 4.79 Å². The number of carboxylic acids is 1. The Morgan fingerprint density at radius 1 is 1.41 bits per heavy atom. The first kappa shape index (κ1) is 16.3. The molecule has 1 amide bonds. The van der Waals surface area contributed by atoms with Gasteiger partial charge in [0.15, 0.2) is 6.10 Å². The molecule has 3 atom stereocenters. The Balaban J connectivity index is 2.02. The Bertz CT molecular complexity index is 545. The van der Waals surface area contributed by atoms with E-state index in [1.807, 2.05) is 13.0 Å². The highest BCUT2D eigenvalue weighted by Gasteiger charge is 2.40. The first-order valence-corrected chi connectivity index (χ1v) is 7.44. The number of carbonyl (C=O) groups excluding carboxylic acids is 1. The van der Waals surface area contributed by atoms with E-state index in [0.29, 0.717) is 24.5 Å². The summed E-state index contributed by atoms with van der Waals surface area (Å²) in [5.41, 5.74) is 0.566. The van der Waals surface area contributed by atoms with E-state index in [4.69, 9.17) is 14.6 Å². The first-order valence-electron chi connectivity index (χ1n) is 7.44. The molecule has 1 fully saturated rings. The Kier molecular flexibility index (Phi) is 5.38. The van der Waals surface area contributed by atoms with Crippen molar-refractivity contribution in [2.45, 2.75) is 38.9 Å². The lowest BCUT2D eigenvalue weighted by Gasteiger charge is -2.15. The molecule has 1 aromatic rings. The van der Waals surface area contributed by atoms with Crippen LogP contribution in [-0.2, 0) is 14.3 Å². The lowest BCUT2D eigenvalue weighted by atomic mass is 10.0. The number of carboxylic acid groups (broad SMARTS) is 1. The third kappa shape index (κ3) is 3.76. The van der Waals surface area contributed by atoms with Gasteiger partial charge in [-0.05, 0) is 30.9 Å². The molecule has 0 aromatic heterocycles. The van der Waals surface area contributed by atoms with Crippen molar-refractivity contribution in [3.05, 3.63) is 24.3 Å². The molecular weight excluding hydrogens is 286 g/mol. The monoisotopic (exact) mass is 307 g/mol. The van der Waals surface area contributed by atoms with Crippen molar-refractivity contribution in [2.75, 3.05) is 11.9 Å². The van der Waals surface area contributed by atoms with Crippen LogP contribution < -0.4 is 10.1 Å². The van der Waals surface area contributed by atoms with E-state index in [0.717, 1.165) is 6.42 Å². The highest BCUT2D eigenvalue weighted by atomic mass is 16.5. The Labute approximate surface area is 129 Å². The molecule has 0 saturated carbocycles. The minimum Gasteiger partial charge on any atom is -0.491 e. The van der Waals surface area contributed by atoms with Crippen molar-refractivity contribution in [1.29, 1.82) is 0 Å². The summed E-state index contributed by atoms with van der Waals surface area (Å²) in [4.78, 5) is 23.3. The number of benzene rings is 1. The SMILES string of the molecule is CCCOc1ccccc1NC(=O)[C@@H]1C[C@H](C)[C@@H](C(=O)O)O1. The summed E-state index contributed by atoms with van der Waals surface area (Å²) < 4.78 is 10.9. The Hall–Kier alpha value is -2.08. The highest BCUT2D eigenvalue weighted by molar-refractivity contribution is 5.96. The van der Waals surface area contributed by atoms with Crippen LogP contribution in [0.5, 0.6) is 5.75 Å². The summed E-state index contributed by atoms with van der Waals surface area (Å²) in [6.45, 7) is 4.33. The maximum absolute atomic E-state index is 12.3. The quantitative estimate of drug-likeness (QED) is 0.842. The number of hydrogen-bond donors (Lipinski definition) is 2. The number of anilines is 1. The molecule has 0 unspecified atom stereocenters. The van der Waals surface area contributed by atoms with Crippen LogP contribution in [0.2, 0.25) is 0 Å². The zero-order valence-electron chi connectivity index (χ0n) is 12.7. The number of rotatable bonds is 6. The second-order valence-electron chi connectivity index (χ2n) is 5.43. The molecule has 1 aliphatic heterocycles. The summed E-state index contributed by atoms with van der Waals surface area (Å²) in [6, 6.07) is 7.15. The number of aliphatic carboxylic acids is 1. The van der Waals surface area contributed by atoms with E-state index >= 15 is 0 Å². The van der Waals surface area contributed by atoms with Gasteiger partial charge in [-0.2, -0.15) is 0 Å². The largest absolute Gasteiger partial charge is 0.491 e. The molecule has 0 spiro atoms. The van der Waals surface area contributed by atoms with Crippen LogP contribution in [0.4, 0.5) is 5.69 Å². The van der Waals surface area contributed by atoms with Crippen molar-refractivity contribution < 1.29 is 24.2 Å². The van der Waals surface area contributed by atoms with Crippen molar-refractivity contribution in [2.24, 2.45) is 5.92 Å². The predicted molar refractivity (Wildman–Crippen MR) is 80.9 cm³/mol. The number of para-hydroxylation sites is 2. The summed E-state index contributed by atoms with van der Waals surface area (Å²) in [5.74, 6) is -0.976. The average molecular weight is 307 g/mol. The zero-order chi connectivity index (χ0) is 16.1. The number of ether oxygens (including phenoxy) is 2. The van der Waals surface area contributed by atoms with Crippen LogP contribution in [0.15, 0.2) is 24.3 Å². The van der Waals surface area contributed by atoms with Gasteiger partial charge in [0.25, 0.3) is 5.91 Å². The number of amides is 1. The van der Waals surface area contributed by atoms with E-state index < -0.39 is 18.2 Å². The van der Waals surface area contributed by atoms with E-state index in [9.17, 15) is 9.59 Å². The standard InChI is InChI=1S/C16H21NO5/c1-3-8-21-12-7-5-4-6-11(12)17-15(18)13-9-10(2)14(22-13)16(19)20/h4-7,10,13-14H,3,8-9H2,1-2H3,(H,17,18)(H,19,20)/t10-,13-,14-/m0/s1. The Morgan fingerprint density at radius 3 is 2.77 bits per heavy atom. The van der Waals surface area contributed by atoms with E-state index in [-0.39, 0.29) is 11.8 Å². The molecule has 1 aliphatic rings. The molecule has 22 heavy (non-hydrogen) atoms. The van der Waals surface area contributed by atoms with Crippen LogP contribution in [-0.4, -0.2) is 35.8 Å². The molecule has 0 radical (unpaired) electrons. The van der Waals surface area contributed by atoms with Gasteiger partial charge in [-0.15, -0.1) is 0 Å². The van der Waals surface area contributed by atoms with Crippen molar-refractivity contribution in [3.8, 4) is 5.75 Å². The van der Waals surface area contributed by atoms with E-state index in [2.05, 4.69) is 5.32 Å². The van der Waals surface area contributed by atoms with Crippen LogP contribution in [0, 0.1) is 5.92 Å². The maximum Gasteiger partial charge on any atom is 0.333 e. The van der Waals surface area contributed by atoms with E-state index in [1.54, 1.807) is 25.1 Å². The topological polar surface area (TPSA) is 84.9 Å². The van der Waals surface area contributed by atoms with Gasteiger partial charge < -0.3 is 19.9 Å². The molecule has 6 nitrogen and oxygen atoms in total. The van der Waals surface area contributed by atoms with Crippen LogP contribution in [0.1, 0.15) is 26.7 Å². The van der Waals surface area contributed by atoms with Crippen LogP contribution in [0.3, 0.4) is 0 Å². The van der Waals surface area contributed by atoms with Crippen LogP contribution >= 0.6 is 0 Å². The number of hydrogen-bond acceptors (Lipinski definition) is 4.